The van der Waals surface area contributed by atoms with Crippen molar-refractivity contribution in [2.45, 2.75) is 13.5 Å². The quantitative estimate of drug-likeness (QED) is 0.724. The molecule has 27 heavy (non-hydrogen) atoms. The summed E-state index contributed by atoms with van der Waals surface area (Å²) in [5.41, 5.74) is 3.08. The number of anilines is 2. The van der Waals surface area contributed by atoms with E-state index in [-0.39, 0.29) is 18.4 Å². The summed E-state index contributed by atoms with van der Waals surface area (Å²) >= 11 is 0. The predicted molar refractivity (Wildman–Crippen MR) is 101 cm³/mol. The molecule has 0 bridgehead atoms. The van der Waals surface area contributed by atoms with Crippen LogP contribution in [-0.4, -0.2) is 22.9 Å². The number of hydrogen-bond acceptors (Lipinski definition) is 6. The van der Waals surface area contributed by atoms with Gasteiger partial charge in [-0.25, -0.2) is 0 Å². The van der Waals surface area contributed by atoms with Gasteiger partial charge in [-0.2, -0.15) is 0 Å². The predicted octanol–water partition coefficient (Wildman–Crippen LogP) is 3.38. The number of aryl methyl sites for hydroxylation is 1. The van der Waals surface area contributed by atoms with Crippen molar-refractivity contribution in [2.75, 3.05) is 17.4 Å². The first-order chi connectivity index (χ1) is 13.2. The molecule has 0 atom stereocenters. The molecule has 136 valence electrons. The van der Waals surface area contributed by atoms with E-state index >= 15 is 0 Å². The van der Waals surface area contributed by atoms with Crippen molar-refractivity contribution in [3.63, 3.8) is 0 Å². The third-order valence-electron chi connectivity index (χ3n) is 4.08. The van der Waals surface area contributed by atoms with Gasteiger partial charge < -0.3 is 20.1 Å². The van der Waals surface area contributed by atoms with E-state index in [2.05, 4.69) is 20.8 Å². The van der Waals surface area contributed by atoms with Gasteiger partial charge in [0.15, 0.2) is 17.2 Å². The lowest BCUT2D eigenvalue weighted by Gasteiger charge is -2.07. The lowest BCUT2D eigenvalue weighted by molar-refractivity contribution is 0.102. The van der Waals surface area contributed by atoms with E-state index in [4.69, 9.17) is 9.47 Å². The largest absolute Gasteiger partial charge is 0.454 e. The molecule has 0 unspecified atom stereocenters. The lowest BCUT2D eigenvalue weighted by Crippen LogP contribution is -2.15. The Hall–Kier alpha value is -3.61. The summed E-state index contributed by atoms with van der Waals surface area (Å²) in [6.45, 7) is 2.78. The van der Waals surface area contributed by atoms with Crippen LogP contribution >= 0.6 is 0 Å². The van der Waals surface area contributed by atoms with Gasteiger partial charge in [0, 0.05) is 12.2 Å². The van der Waals surface area contributed by atoms with Crippen LogP contribution in [0.3, 0.4) is 0 Å². The number of ether oxygens (including phenoxy) is 2. The third-order valence-corrected chi connectivity index (χ3v) is 4.08. The monoisotopic (exact) mass is 362 g/mol. The zero-order valence-electron chi connectivity index (χ0n) is 14.7. The first kappa shape index (κ1) is 16.8. The molecular formula is C20H18N4O3. The minimum atomic E-state index is -0.296. The van der Waals surface area contributed by atoms with Gasteiger partial charge in [-0.05, 0) is 54.4 Å². The van der Waals surface area contributed by atoms with E-state index in [1.54, 1.807) is 12.1 Å². The molecule has 3 aromatic rings. The van der Waals surface area contributed by atoms with Gasteiger partial charge in [-0.15, -0.1) is 10.2 Å². The van der Waals surface area contributed by atoms with Gasteiger partial charge in [0.1, 0.15) is 5.82 Å². The number of aromatic nitrogens is 2. The molecule has 0 saturated carbocycles. The Balaban J connectivity index is 1.36. The molecule has 2 aromatic carbocycles. The highest BCUT2D eigenvalue weighted by molar-refractivity contribution is 6.02. The summed E-state index contributed by atoms with van der Waals surface area (Å²) in [5.74, 6) is 1.78. The first-order valence-electron chi connectivity index (χ1n) is 8.51. The second-order valence-corrected chi connectivity index (χ2v) is 6.17. The van der Waals surface area contributed by atoms with Crippen LogP contribution in [0.25, 0.3) is 0 Å². The number of amides is 1. The topological polar surface area (TPSA) is 85.4 Å². The highest BCUT2D eigenvalue weighted by atomic mass is 16.7. The van der Waals surface area contributed by atoms with Crippen LogP contribution in [0.1, 0.15) is 21.6 Å². The SMILES string of the molecule is Cc1cccc(NC(=O)c2ccc(NCc3ccc4c(c3)OCO4)nn2)c1. The molecule has 0 fully saturated rings. The number of nitrogens with zero attached hydrogens (tertiary/aromatic N) is 2. The second-order valence-electron chi connectivity index (χ2n) is 6.17. The number of benzene rings is 2. The first-order valence-corrected chi connectivity index (χ1v) is 8.51. The Labute approximate surface area is 156 Å². The number of fused-ring (bicyclic) bond motifs is 1. The van der Waals surface area contributed by atoms with Crippen molar-refractivity contribution in [3.05, 3.63) is 71.4 Å². The lowest BCUT2D eigenvalue weighted by atomic mass is 10.2. The maximum absolute atomic E-state index is 12.3. The average Bonchev–Trinajstić information content (AvgIpc) is 3.14. The number of carbonyl (C=O) groups excluding carboxylic acids is 1. The summed E-state index contributed by atoms with van der Waals surface area (Å²) in [5, 5.41) is 14.1. The van der Waals surface area contributed by atoms with E-state index in [1.807, 2.05) is 49.4 Å². The third kappa shape index (κ3) is 3.98. The van der Waals surface area contributed by atoms with Crippen molar-refractivity contribution >= 4 is 17.4 Å². The average molecular weight is 362 g/mol. The van der Waals surface area contributed by atoms with Gasteiger partial charge in [-0.3, -0.25) is 4.79 Å². The Morgan fingerprint density at radius 3 is 2.74 bits per heavy atom. The number of nitrogens with one attached hydrogen (secondary N) is 2. The summed E-state index contributed by atoms with van der Waals surface area (Å²) in [7, 11) is 0. The Morgan fingerprint density at radius 1 is 1.04 bits per heavy atom. The van der Waals surface area contributed by atoms with E-state index < -0.39 is 0 Å². The van der Waals surface area contributed by atoms with E-state index in [1.165, 1.54) is 0 Å². The summed E-state index contributed by atoms with van der Waals surface area (Å²) in [6.07, 6.45) is 0. The zero-order chi connectivity index (χ0) is 18.6. The van der Waals surface area contributed by atoms with E-state index in [0.717, 1.165) is 28.3 Å². The second kappa shape index (κ2) is 7.33. The van der Waals surface area contributed by atoms with Gasteiger partial charge in [-0.1, -0.05) is 18.2 Å². The fraction of sp³-hybridized carbons (Fsp3) is 0.150. The fourth-order valence-corrected chi connectivity index (χ4v) is 2.71. The van der Waals surface area contributed by atoms with Gasteiger partial charge >= 0.3 is 0 Å². The van der Waals surface area contributed by atoms with Crippen LogP contribution in [-0.2, 0) is 6.54 Å². The molecule has 1 amide bonds. The Kier molecular flexibility index (Phi) is 4.57. The molecular weight excluding hydrogens is 344 g/mol. The molecule has 7 nitrogen and oxygen atoms in total. The molecule has 2 N–H and O–H groups in total. The molecule has 0 saturated heterocycles. The van der Waals surface area contributed by atoms with Crippen LogP contribution in [0.5, 0.6) is 11.5 Å². The zero-order valence-corrected chi connectivity index (χ0v) is 14.7. The molecule has 1 aliphatic heterocycles. The van der Waals surface area contributed by atoms with Crippen molar-refractivity contribution < 1.29 is 14.3 Å². The number of rotatable bonds is 5. The van der Waals surface area contributed by atoms with Crippen LogP contribution in [0.2, 0.25) is 0 Å². The molecule has 4 rings (SSSR count). The molecule has 1 aromatic heterocycles. The molecule has 0 radical (unpaired) electrons. The van der Waals surface area contributed by atoms with Crippen molar-refractivity contribution in [3.8, 4) is 11.5 Å². The number of hydrogen-bond donors (Lipinski definition) is 2. The molecule has 2 heterocycles. The maximum atomic E-state index is 12.3. The smallest absolute Gasteiger partial charge is 0.276 e. The van der Waals surface area contributed by atoms with E-state index in [0.29, 0.717) is 12.4 Å². The van der Waals surface area contributed by atoms with Crippen molar-refractivity contribution in [1.82, 2.24) is 10.2 Å². The van der Waals surface area contributed by atoms with Gasteiger partial charge in [0.25, 0.3) is 5.91 Å². The Morgan fingerprint density at radius 2 is 1.93 bits per heavy atom. The summed E-state index contributed by atoms with van der Waals surface area (Å²) in [4.78, 5) is 12.3. The minimum Gasteiger partial charge on any atom is -0.454 e. The molecule has 0 spiro atoms. The van der Waals surface area contributed by atoms with Crippen LogP contribution < -0.4 is 20.1 Å². The van der Waals surface area contributed by atoms with Crippen LogP contribution in [0, 0.1) is 6.92 Å². The fourth-order valence-electron chi connectivity index (χ4n) is 2.71. The molecule has 7 heteroatoms. The Bertz CT molecular complexity index is 973. The van der Waals surface area contributed by atoms with Crippen molar-refractivity contribution in [1.29, 1.82) is 0 Å². The maximum Gasteiger partial charge on any atom is 0.276 e. The molecule has 1 aliphatic rings. The standard InChI is InChI=1S/C20H18N4O3/c1-13-3-2-4-15(9-13)22-20(25)16-6-8-19(24-23-16)21-11-14-5-7-17-18(10-14)27-12-26-17/h2-10H,11-12H2,1H3,(H,21,24)(H,22,25). The van der Waals surface area contributed by atoms with Crippen LogP contribution in [0.15, 0.2) is 54.6 Å². The van der Waals surface area contributed by atoms with Crippen molar-refractivity contribution in [2.24, 2.45) is 0 Å². The highest BCUT2D eigenvalue weighted by Crippen LogP contribution is 2.32. The molecule has 0 aliphatic carbocycles. The normalized spacial score (nSPS) is 11.9. The van der Waals surface area contributed by atoms with Gasteiger partial charge in [0.05, 0.1) is 0 Å². The van der Waals surface area contributed by atoms with E-state index in [9.17, 15) is 4.79 Å². The number of carbonyl (C=O) groups is 1. The highest BCUT2D eigenvalue weighted by Gasteiger charge is 2.13. The van der Waals surface area contributed by atoms with Crippen LogP contribution in [0.4, 0.5) is 11.5 Å². The summed E-state index contributed by atoms with van der Waals surface area (Å²) < 4.78 is 10.7. The minimum absolute atomic E-state index is 0.254. The summed E-state index contributed by atoms with van der Waals surface area (Å²) in [6, 6.07) is 16.7. The van der Waals surface area contributed by atoms with Gasteiger partial charge in [0.2, 0.25) is 6.79 Å².